The average Bonchev–Trinajstić information content (AvgIpc) is 2.42. The molecule has 0 saturated carbocycles. The van der Waals surface area contributed by atoms with Crippen LogP contribution >= 0.6 is 15.9 Å². The summed E-state index contributed by atoms with van der Waals surface area (Å²) in [4.78, 5) is 14.2. The number of nitro groups is 1. The fraction of sp³-hybridized carbons (Fsp3) is 0.0833. The van der Waals surface area contributed by atoms with Crippen LogP contribution in [0.2, 0.25) is 0 Å². The molecule has 1 aromatic carbocycles. The Labute approximate surface area is 121 Å². The first-order chi connectivity index (χ1) is 9.49. The summed E-state index contributed by atoms with van der Waals surface area (Å²) in [5, 5.41) is 13.5. The van der Waals surface area contributed by atoms with E-state index in [1.54, 1.807) is 7.05 Å². The average molecular weight is 342 g/mol. The maximum atomic E-state index is 13.6. The van der Waals surface area contributed by atoms with Crippen molar-refractivity contribution in [1.29, 1.82) is 0 Å². The van der Waals surface area contributed by atoms with Gasteiger partial charge in [-0.2, -0.15) is 4.98 Å². The number of nitrogens with one attached hydrogen (secondary N) is 1. The lowest BCUT2D eigenvalue weighted by Crippen LogP contribution is -1.98. The number of halogens is 2. The van der Waals surface area contributed by atoms with Gasteiger partial charge in [-0.05, 0) is 18.2 Å². The topological polar surface area (TPSA) is 77.3 Å². The molecule has 0 saturated heterocycles. The number of hydrogen-bond acceptors (Lipinski definition) is 5. The second-order valence-electron chi connectivity index (χ2n) is 3.73. The number of ether oxygens (including phenoxy) is 1. The molecule has 20 heavy (non-hydrogen) atoms. The Kier molecular flexibility index (Phi) is 4.14. The van der Waals surface area contributed by atoms with Gasteiger partial charge in [0.15, 0.2) is 11.6 Å². The SMILES string of the molecule is CNc1cc([N+](=O)[O-])cc(Oc2cc(Br)ccc2F)n1. The molecule has 0 bridgehead atoms. The molecular weight excluding hydrogens is 333 g/mol. The Morgan fingerprint density at radius 1 is 1.40 bits per heavy atom. The Morgan fingerprint density at radius 3 is 2.80 bits per heavy atom. The van der Waals surface area contributed by atoms with Crippen LogP contribution in [0.25, 0.3) is 0 Å². The van der Waals surface area contributed by atoms with Crippen molar-refractivity contribution in [1.82, 2.24) is 4.98 Å². The van der Waals surface area contributed by atoms with Gasteiger partial charge in [-0.15, -0.1) is 0 Å². The molecule has 6 nitrogen and oxygen atoms in total. The number of pyridine rings is 1. The fourth-order valence-electron chi connectivity index (χ4n) is 1.45. The zero-order valence-electron chi connectivity index (χ0n) is 10.3. The lowest BCUT2D eigenvalue weighted by Gasteiger charge is -2.08. The molecule has 0 radical (unpaired) electrons. The van der Waals surface area contributed by atoms with Crippen molar-refractivity contribution >= 4 is 27.4 Å². The van der Waals surface area contributed by atoms with Crippen molar-refractivity contribution in [3.63, 3.8) is 0 Å². The van der Waals surface area contributed by atoms with E-state index >= 15 is 0 Å². The van der Waals surface area contributed by atoms with E-state index in [1.165, 1.54) is 24.3 Å². The van der Waals surface area contributed by atoms with Crippen LogP contribution in [-0.2, 0) is 0 Å². The minimum atomic E-state index is -0.590. The van der Waals surface area contributed by atoms with E-state index in [0.717, 1.165) is 6.07 Å². The van der Waals surface area contributed by atoms with E-state index < -0.39 is 10.7 Å². The summed E-state index contributed by atoms with van der Waals surface area (Å²) in [6.45, 7) is 0. The van der Waals surface area contributed by atoms with Crippen LogP contribution < -0.4 is 10.1 Å². The molecule has 0 fully saturated rings. The van der Waals surface area contributed by atoms with Crippen molar-refractivity contribution in [2.45, 2.75) is 0 Å². The lowest BCUT2D eigenvalue weighted by atomic mass is 10.3. The number of anilines is 1. The van der Waals surface area contributed by atoms with Gasteiger partial charge in [0.1, 0.15) is 5.82 Å². The Morgan fingerprint density at radius 2 is 2.15 bits per heavy atom. The van der Waals surface area contributed by atoms with E-state index in [0.29, 0.717) is 4.47 Å². The highest BCUT2D eigenvalue weighted by Crippen LogP contribution is 2.29. The van der Waals surface area contributed by atoms with Crippen LogP contribution in [0.1, 0.15) is 0 Å². The van der Waals surface area contributed by atoms with Crippen LogP contribution in [-0.4, -0.2) is 17.0 Å². The molecule has 2 rings (SSSR count). The zero-order chi connectivity index (χ0) is 14.7. The monoisotopic (exact) mass is 341 g/mol. The van der Waals surface area contributed by atoms with Gasteiger partial charge in [-0.3, -0.25) is 10.1 Å². The van der Waals surface area contributed by atoms with Crippen LogP contribution in [0, 0.1) is 15.9 Å². The molecule has 0 aliphatic carbocycles. The molecule has 8 heteroatoms. The fourth-order valence-corrected chi connectivity index (χ4v) is 1.79. The van der Waals surface area contributed by atoms with Crippen molar-refractivity contribution in [2.75, 3.05) is 12.4 Å². The summed E-state index contributed by atoms with van der Waals surface area (Å²) in [6.07, 6.45) is 0. The number of aromatic nitrogens is 1. The molecular formula is C12H9BrFN3O3. The first-order valence-corrected chi connectivity index (χ1v) is 6.26. The van der Waals surface area contributed by atoms with Gasteiger partial charge in [-0.1, -0.05) is 15.9 Å². The molecule has 1 aromatic heterocycles. The summed E-state index contributed by atoms with van der Waals surface area (Å²) < 4.78 is 19.5. The van der Waals surface area contributed by atoms with Crippen molar-refractivity contribution < 1.29 is 14.1 Å². The molecule has 0 amide bonds. The summed E-state index contributed by atoms with van der Waals surface area (Å²) in [7, 11) is 1.57. The summed E-state index contributed by atoms with van der Waals surface area (Å²) >= 11 is 3.19. The molecule has 1 N–H and O–H groups in total. The first-order valence-electron chi connectivity index (χ1n) is 5.46. The lowest BCUT2D eigenvalue weighted by molar-refractivity contribution is -0.384. The third-order valence-electron chi connectivity index (χ3n) is 2.36. The quantitative estimate of drug-likeness (QED) is 0.677. The Bertz CT molecular complexity index is 666. The van der Waals surface area contributed by atoms with Crippen LogP contribution in [0.15, 0.2) is 34.8 Å². The van der Waals surface area contributed by atoms with Gasteiger partial charge < -0.3 is 10.1 Å². The van der Waals surface area contributed by atoms with E-state index in [1.807, 2.05) is 0 Å². The number of hydrogen-bond donors (Lipinski definition) is 1. The highest BCUT2D eigenvalue weighted by molar-refractivity contribution is 9.10. The number of benzene rings is 1. The van der Waals surface area contributed by atoms with Crippen molar-refractivity contribution in [3.05, 3.63) is 50.7 Å². The Balaban J connectivity index is 2.39. The summed E-state index contributed by atoms with van der Waals surface area (Å²) in [6, 6.07) is 6.53. The Hall–Kier alpha value is -2.22. The van der Waals surface area contributed by atoms with E-state index in [-0.39, 0.29) is 23.1 Å². The van der Waals surface area contributed by atoms with Gasteiger partial charge in [0, 0.05) is 11.5 Å². The molecule has 0 aliphatic rings. The maximum absolute atomic E-state index is 13.6. The predicted molar refractivity (Wildman–Crippen MR) is 74.6 cm³/mol. The maximum Gasteiger partial charge on any atom is 0.278 e. The number of nitrogens with zero attached hydrogens (tertiary/aromatic N) is 2. The van der Waals surface area contributed by atoms with Crippen molar-refractivity contribution in [2.24, 2.45) is 0 Å². The first kappa shape index (κ1) is 14.2. The highest BCUT2D eigenvalue weighted by Gasteiger charge is 2.14. The summed E-state index contributed by atoms with van der Waals surface area (Å²) in [5.41, 5.74) is -0.199. The third-order valence-corrected chi connectivity index (χ3v) is 2.85. The zero-order valence-corrected chi connectivity index (χ0v) is 11.8. The summed E-state index contributed by atoms with van der Waals surface area (Å²) in [5.74, 6) is -0.480. The third kappa shape index (κ3) is 3.21. The second kappa shape index (κ2) is 5.83. The standard InChI is InChI=1S/C12H9BrFN3O3/c1-15-11-5-8(17(18)19)6-12(16-11)20-10-4-7(13)2-3-9(10)14/h2-6H,1H3,(H,15,16). The van der Waals surface area contributed by atoms with Gasteiger partial charge >= 0.3 is 0 Å². The minimum Gasteiger partial charge on any atom is -0.436 e. The molecule has 1 heterocycles. The van der Waals surface area contributed by atoms with E-state index in [2.05, 4.69) is 26.2 Å². The molecule has 0 unspecified atom stereocenters. The van der Waals surface area contributed by atoms with Crippen LogP contribution in [0.5, 0.6) is 11.6 Å². The van der Waals surface area contributed by atoms with Crippen LogP contribution in [0.4, 0.5) is 15.9 Å². The van der Waals surface area contributed by atoms with Crippen molar-refractivity contribution in [3.8, 4) is 11.6 Å². The highest BCUT2D eigenvalue weighted by atomic mass is 79.9. The molecule has 0 spiro atoms. The van der Waals surface area contributed by atoms with Crippen LogP contribution in [0.3, 0.4) is 0 Å². The predicted octanol–water partition coefficient (Wildman–Crippen LogP) is 3.73. The van der Waals surface area contributed by atoms with E-state index in [9.17, 15) is 14.5 Å². The van der Waals surface area contributed by atoms with Gasteiger partial charge in [0.25, 0.3) is 5.69 Å². The molecule has 2 aromatic rings. The number of rotatable bonds is 4. The molecule has 104 valence electrons. The van der Waals surface area contributed by atoms with E-state index in [4.69, 9.17) is 4.74 Å². The van der Waals surface area contributed by atoms with Gasteiger partial charge in [-0.25, -0.2) is 4.39 Å². The minimum absolute atomic E-state index is 0.0689. The second-order valence-corrected chi connectivity index (χ2v) is 4.65. The van der Waals surface area contributed by atoms with Gasteiger partial charge in [0.2, 0.25) is 5.88 Å². The smallest absolute Gasteiger partial charge is 0.278 e. The largest absolute Gasteiger partial charge is 0.436 e. The molecule has 0 aliphatic heterocycles. The molecule has 0 atom stereocenters. The normalized spacial score (nSPS) is 10.2. The van der Waals surface area contributed by atoms with Gasteiger partial charge in [0.05, 0.1) is 17.1 Å².